The first-order valence-corrected chi connectivity index (χ1v) is 5.76. The van der Waals surface area contributed by atoms with Crippen LogP contribution in [0.15, 0.2) is 0 Å². The molecule has 3 N–H and O–H groups in total. The Morgan fingerprint density at radius 2 is 2.14 bits per heavy atom. The smallest absolute Gasteiger partial charge is 0.0607 e. The maximum Gasteiger partial charge on any atom is 0.0607 e. The van der Waals surface area contributed by atoms with E-state index in [-0.39, 0.29) is 5.54 Å². The van der Waals surface area contributed by atoms with E-state index in [1.54, 1.807) is 7.11 Å². The molecule has 2 saturated carbocycles. The van der Waals surface area contributed by atoms with Gasteiger partial charge in [-0.05, 0) is 31.7 Å². The summed E-state index contributed by atoms with van der Waals surface area (Å²) in [5, 5.41) is 3.61. The summed E-state index contributed by atoms with van der Waals surface area (Å²) in [5.74, 6) is 1.01. The van der Waals surface area contributed by atoms with Gasteiger partial charge in [0.25, 0.3) is 0 Å². The van der Waals surface area contributed by atoms with Crippen molar-refractivity contribution in [1.29, 1.82) is 0 Å². The summed E-state index contributed by atoms with van der Waals surface area (Å²) in [4.78, 5) is 0. The van der Waals surface area contributed by atoms with Gasteiger partial charge in [0, 0.05) is 19.2 Å². The molecule has 0 aliphatic heterocycles. The molecule has 0 radical (unpaired) electrons. The van der Waals surface area contributed by atoms with Gasteiger partial charge in [0.05, 0.1) is 6.10 Å². The SMILES string of the molecule is COC1CC(CN)(NCCC2CC2)C1. The minimum atomic E-state index is 0.204. The van der Waals surface area contributed by atoms with Crippen molar-refractivity contribution >= 4 is 0 Å². The van der Waals surface area contributed by atoms with Crippen LogP contribution in [0.2, 0.25) is 0 Å². The van der Waals surface area contributed by atoms with Crippen molar-refractivity contribution in [2.75, 3.05) is 20.2 Å². The third-order valence-electron chi connectivity index (χ3n) is 3.71. The first-order valence-electron chi connectivity index (χ1n) is 5.76. The van der Waals surface area contributed by atoms with Crippen LogP contribution in [0.3, 0.4) is 0 Å². The number of nitrogens with two attached hydrogens (primary N) is 1. The van der Waals surface area contributed by atoms with Crippen LogP contribution in [0.1, 0.15) is 32.1 Å². The van der Waals surface area contributed by atoms with E-state index in [9.17, 15) is 0 Å². The van der Waals surface area contributed by atoms with Crippen LogP contribution in [0.25, 0.3) is 0 Å². The number of hydrogen-bond acceptors (Lipinski definition) is 3. The molecule has 2 aliphatic carbocycles. The van der Waals surface area contributed by atoms with E-state index in [1.807, 2.05) is 0 Å². The maximum atomic E-state index is 5.80. The van der Waals surface area contributed by atoms with Gasteiger partial charge in [-0.2, -0.15) is 0 Å². The molecule has 0 amide bonds. The molecule has 2 rings (SSSR count). The molecule has 0 aromatic carbocycles. The second-order valence-electron chi connectivity index (χ2n) is 4.91. The first kappa shape index (κ1) is 10.4. The van der Waals surface area contributed by atoms with E-state index < -0.39 is 0 Å². The lowest BCUT2D eigenvalue weighted by atomic mass is 9.74. The Labute approximate surface area is 86.4 Å². The summed E-state index contributed by atoms with van der Waals surface area (Å²) in [6.45, 7) is 1.88. The van der Waals surface area contributed by atoms with Crippen LogP contribution in [-0.4, -0.2) is 31.8 Å². The highest BCUT2D eigenvalue weighted by atomic mass is 16.5. The average Bonchev–Trinajstić information content (AvgIpc) is 2.93. The third-order valence-corrected chi connectivity index (χ3v) is 3.71. The van der Waals surface area contributed by atoms with Crippen LogP contribution >= 0.6 is 0 Å². The van der Waals surface area contributed by atoms with E-state index in [4.69, 9.17) is 10.5 Å². The van der Waals surface area contributed by atoms with Crippen LogP contribution in [0.5, 0.6) is 0 Å². The van der Waals surface area contributed by atoms with Gasteiger partial charge in [0.2, 0.25) is 0 Å². The van der Waals surface area contributed by atoms with E-state index in [2.05, 4.69) is 5.32 Å². The van der Waals surface area contributed by atoms with E-state index in [0.29, 0.717) is 6.10 Å². The second-order valence-corrected chi connectivity index (χ2v) is 4.91. The van der Waals surface area contributed by atoms with Crippen molar-refractivity contribution in [2.45, 2.75) is 43.7 Å². The summed E-state index contributed by atoms with van der Waals surface area (Å²) < 4.78 is 5.29. The zero-order valence-corrected chi connectivity index (χ0v) is 9.09. The summed E-state index contributed by atoms with van der Waals surface area (Å²) in [6, 6.07) is 0. The van der Waals surface area contributed by atoms with Gasteiger partial charge in [-0.25, -0.2) is 0 Å². The molecule has 2 fully saturated rings. The molecule has 0 bridgehead atoms. The number of nitrogens with one attached hydrogen (secondary N) is 1. The molecule has 0 aromatic heterocycles. The number of ether oxygens (including phenoxy) is 1. The van der Waals surface area contributed by atoms with Gasteiger partial charge in [-0.3, -0.25) is 0 Å². The highest BCUT2D eigenvalue weighted by molar-refractivity contribution is 5.02. The zero-order valence-electron chi connectivity index (χ0n) is 9.09. The fraction of sp³-hybridized carbons (Fsp3) is 1.00. The Morgan fingerprint density at radius 1 is 1.43 bits per heavy atom. The minimum Gasteiger partial charge on any atom is -0.381 e. The molecule has 3 heteroatoms. The van der Waals surface area contributed by atoms with Gasteiger partial charge in [0.1, 0.15) is 0 Å². The molecule has 14 heavy (non-hydrogen) atoms. The van der Waals surface area contributed by atoms with Crippen LogP contribution in [0, 0.1) is 5.92 Å². The molecule has 0 aromatic rings. The quantitative estimate of drug-likeness (QED) is 0.666. The maximum absolute atomic E-state index is 5.80. The monoisotopic (exact) mass is 198 g/mol. The normalized spacial score (nSPS) is 36.9. The summed E-state index contributed by atoms with van der Waals surface area (Å²) in [6.07, 6.45) is 6.83. The number of hydrogen-bond donors (Lipinski definition) is 2. The highest BCUT2D eigenvalue weighted by Crippen LogP contribution is 2.35. The average molecular weight is 198 g/mol. The van der Waals surface area contributed by atoms with Crippen LogP contribution in [-0.2, 0) is 4.74 Å². The molecule has 0 atom stereocenters. The fourth-order valence-electron chi connectivity index (χ4n) is 2.31. The van der Waals surface area contributed by atoms with E-state index in [1.165, 1.54) is 19.3 Å². The van der Waals surface area contributed by atoms with Crippen molar-refractivity contribution in [1.82, 2.24) is 5.32 Å². The molecule has 0 unspecified atom stereocenters. The Hall–Kier alpha value is -0.120. The van der Waals surface area contributed by atoms with Gasteiger partial charge in [-0.1, -0.05) is 12.8 Å². The second kappa shape index (κ2) is 4.17. The lowest BCUT2D eigenvalue weighted by molar-refractivity contribution is -0.0265. The molecular formula is C11H22N2O. The first-order chi connectivity index (χ1) is 6.78. The predicted octanol–water partition coefficient (Wildman–Crippen LogP) is 0.882. The van der Waals surface area contributed by atoms with Crippen LogP contribution < -0.4 is 11.1 Å². The summed E-state index contributed by atoms with van der Waals surface area (Å²) in [5.41, 5.74) is 6.00. The van der Waals surface area contributed by atoms with Crippen molar-refractivity contribution in [3.63, 3.8) is 0 Å². The van der Waals surface area contributed by atoms with Gasteiger partial charge >= 0.3 is 0 Å². The Kier molecular flexibility index (Phi) is 3.10. The third kappa shape index (κ3) is 2.27. The summed E-state index contributed by atoms with van der Waals surface area (Å²) in [7, 11) is 1.79. The molecule has 3 nitrogen and oxygen atoms in total. The lowest BCUT2D eigenvalue weighted by Gasteiger charge is -2.47. The van der Waals surface area contributed by atoms with Gasteiger partial charge in [0.15, 0.2) is 0 Å². The highest BCUT2D eigenvalue weighted by Gasteiger charge is 2.43. The summed E-state index contributed by atoms with van der Waals surface area (Å²) >= 11 is 0. The minimum absolute atomic E-state index is 0.204. The van der Waals surface area contributed by atoms with Crippen molar-refractivity contribution in [3.05, 3.63) is 0 Å². The molecule has 2 aliphatic rings. The van der Waals surface area contributed by atoms with Gasteiger partial charge in [-0.15, -0.1) is 0 Å². The standard InChI is InChI=1S/C11H22N2O/c1-14-10-6-11(7-10,8-12)13-5-4-9-2-3-9/h9-10,13H,2-8,12H2,1H3. The number of methoxy groups -OCH3 is 1. The topological polar surface area (TPSA) is 47.3 Å². The lowest BCUT2D eigenvalue weighted by Crippen LogP contribution is -2.62. The molecule has 0 saturated heterocycles. The molecule has 82 valence electrons. The van der Waals surface area contributed by atoms with Crippen LogP contribution in [0.4, 0.5) is 0 Å². The van der Waals surface area contributed by atoms with Crippen molar-refractivity contribution in [2.24, 2.45) is 11.7 Å². The van der Waals surface area contributed by atoms with Crippen molar-refractivity contribution in [3.8, 4) is 0 Å². The largest absolute Gasteiger partial charge is 0.381 e. The van der Waals surface area contributed by atoms with Gasteiger partial charge < -0.3 is 15.8 Å². The molecule has 0 heterocycles. The Bertz CT molecular complexity index is 186. The van der Waals surface area contributed by atoms with E-state index in [0.717, 1.165) is 31.8 Å². The Morgan fingerprint density at radius 3 is 2.64 bits per heavy atom. The number of rotatable bonds is 6. The van der Waals surface area contributed by atoms with E-state index >= 15 is 0 Å². The fourth-order valence-corrected chi connectivity index (χ4v) is 2.31. The molecular weight excluding hydrogens is 176 g/mol. The molecule has 0 spiro atoms. The predicted molar refractivity (Wildman–Crippen MR) is 57.2 cm³/mol. The zero-order chi connectivity index (χ0) is 10.0. The van der Waals surface area contributed by atoms with Crippen molar-refractivity contribution < 1.29 is 4.74 Å². The Balaban J connectivity index is 1.65.